The van der Waals surface area contributed by atoms with Gasteiger partial charge in [0.1, 0.15) is 5.82 Å². The van der Waals surface area contributed by atoms with E-state index in [4.69, 9.17) is 4.98 Å². The second-order valence-electron chi connectivity index (χ2n) is 6.63. The zero-order valence-electron chi connectivity index (χ0n) is 15.1. The van der Waals surface area contributed by atoms with Crippen molar-refractivity contribution in [3.63, 3.8) is 0 Å². The topological polar surface area (TPSA) is 17.8 Å². The van der Waals surface area contributed by atoms with Crippen LogP contribution in [0.2, 0.25) is 0 Å². The van der Waals surface area contributed by atoms with Crippen LogP contribution in [0.1, 0.15) is 42.1 Å². The molecule has 2 aromatic carbocycles. The van der Waals surface area contributed by atoms with E-state index in [0.717, 1.165) is 12.2 Å². The van der Waals surface area contributed by atoms with Gasteiger partial charge < -0.3 is 0 Å². The van der Waals surface area contributed by atoms with Crippen molar-refractivity contribution in [3.8, 4) is 17.1 Å². The van der Waals surface area contributed by atoms with Gasteiger partial charge in [-0.3, -0.25) is 4.57 Å². The fourth-order valence-corrected chi connectivity index (χ4v) is 3.49. The quantitative estimate of drug-likeness (QED) is 0.580. The van der Waals surface area contributed by atoms with Crippen molar-refractivity contribution >= 4 is 0 Å². The third-order valence-corrected chi connectivity index (χ3v) is 4.51. The maximum atomic E-state index is 4.78. The lowest BCUT2D eigenvalue weighted by Crippen LogP contribution is -2.07. The lowest BCUT2D eigenvalue weighted by Gasteiger charge is -2.18. The monoisotopic (exact) mass is 318 g/mol. The van der Waals surface area contributed by atoms with Gasteiger partial charge in [0.25, 0.3) is 0 Å². The molecule has 1 heterocycles. The first kappa shape index (κ1) is 16.5. The highest BCUT2D eigenvalue weighted by atomic mass is 15.1. The molecule has 0 spiro atoms. The fraction of sp³-hybridized carbons (Fsp3) is 0.318. The summed E-state index contributed by atoms with van der Waals surface area (Å²) in [6, 6.07) is 15.0. The van der Waals surface area contributed by atoms with Crippen LogP contribution in [0.25, 0.3) is 17.1 Å². The normalized spacial score (nSPS) is 11.0. The standard InChI is InChI=1S/C22H26N2/c1-5-6-12-20-15-23-22(19-10-8-7-9-11-19)24(20)21-17(3)13-16(2)14-18(21)4/h7-11,13-15H,5-6,12H2,1-4H3. The number of unbranched alkanes of at least 4 members (excludes halogenated alkanes) is 1. The predicted molar refractivity (Wildman–Crippen MR) is 102 cm³/mol. The summed E-state index contributed by atoms with van der Waals surface area (Å²) in [7, 11) is 0. The maximum absolute atomic E-state index is 4.78. The lowest BCUT2D eigenvalue weighted by atomic mass is 10.0. The molecule has 0 N–H and O–H groups in total. The number of nitrogens with zero attached hydrogens (tertiary/aromatic N) is 2. The average molecular weight is 318 g/mol. The molecule has 3 rings (SSSR count). The Hall–Kier alpha value is -2.35. The summed E-state index contributed by atoms with van der Waals surface area (Å²) < 4.78 is 2.37. The molecule has 0 fully saturated rings. The second kappa shape index (κ2) is 7.04. The smallest absolute Gasteiger partial charge is 0.144 e. The molecule has 124 valence electrons. The molecule has 0 saturated heterocycles. The van der Waals surface area contributed by atoms with Crippen LogP contribution in [0, 0.1) is 20.8 Å². The molecule has 0 radical (unpaired) electrons. The molecule has 0 aliphatic rings. The fourth-order valence-electron chi connectivity index (χ4n) is 3.49. The van der Waals surface area contributed by atoms with Gasteiger partial charge in [-0.2, -0.15) is 0 Å². The lowest BCUT2D eigenvalue weighted by molar-refractivity contribution is 0.759. The first-order chi connectivity index (χ1) is 11.6. The van der Waals surface area contributed by atoms with Crippen molar-refractivity contribution in [1.29, 1.82) is 0 Å². The summed E-state index contributed by atoms with van der Waals surface area (Å²) in [5, 5.41) is 0. The van der Waals surface area contributed by atoms with Crippen LogP contribution in [0.5, 0.6) is 0 Å². The van der Waals surface area contributed by atoms with Gasteiger partial charge >= 0.3 is 0 Å². The van der Waals surface area contributed by atoms with E-state index in [1.54, 1.807) is 0 Å². The van der Waals surface area contributed by atoms with Crippen LogP contribution in [0.15, 0.2) is 48.7 Å². The minimum absolute atomic E-state index is 1.04. The van der Waals surface area contributed by atoms with Crippen molar-refractivity contribution in [2.75, 3.05) is 0 Å². The summed E-state index contributed by atoms with van der Waals surface area (Å²) in [5.74, 6) is 1.04. The molecular weight excluding hydrogens is 292 g/mol. The van der Waals surface area contributed by atoms with E-state index in [1.165, 1.54) is 46.5 Å². The van der Waals surface area contributed by atoms with Crippen LogP contribution in [-0.2, 0) is 6.42 Å². The molecule has 0 unspecified atom stereocenters. The summed E-state index contributed by atoms with van der Waals surface area (Å²) in [6.45, 7) is 8.80. The van der Waals surface area contributed by atoms with E-state index in [2.05, 4.69) is 80.9 Å². The molecule has 24 heavy (non-hydrogen) atoms. The number of aromatic nitrogens is 2. The highest BCUT2D eigenvalue weighted by Crippen LogP contribution is 2.29. The van der Waals surface area contributed by atoms with E-state index in [9.17, 15) is 0 Å². The summed E-state index contributed by atoms with van der Waals surface area (Å²) >= 11 is 0. The number of hydrogen-bond acceptors (Lipinski definition) is 1. The minimum Gasteiger partial charge on any atom is -0.296 e. The second-order valence-corrected chi connectivity index (χ2v) is 6.63. The number of rotatable bonds is 5. The highest BCUT2D eigenvalue weighted by Gasteiger charge is 2.16. The highest BCUT2D eigenvalue weighted by molar-refractivity contribution is 5.62. The van der Waals surface area contributed by atoms with Gasteiger partial charge in [-0.25, -0.2) is 4.98 Å². The summed E-state index contributed by atoms with van der Waals surface area (Å²) in [4.78, 5) is 4.78. The van der Waals surface area contributed by atoms with Crippen molar-refractivity contribution in [2.45, 2.75) is 47.0 Å². The number of aryl methyl sites for hydroxylation is 4. The van der Waals surface area contributed by atoms with Crippen molar-refractivity contribution in [2.24, 2.45) is 0 Å². The molecule has 2 nitrogen and oxygen atoms in total. The van der Waals surface area contributed by atoms with Gasteiger partial charge in [-0.05, 0) is 44.7 Å². The van der Waals surface area contributed by atoms with Crippen molar-refractivity contribution in [3.05, 3.63) is 71.0 Å². The molecular formula is C22H26N2. The zero-order chi connectivity index (χ0) is 17.1. The Bertz CT molecular complexity index is 805. The van der Waals surface area contributed by atoms with Gasteiger partial charge in [0.15, 0.2) is 0 Å². The zero-order valence-corrected chi connectivity index (χ0v) is 15.1. The van der Waals surface area contributed by atoms with Gasteiger partial charge in [0.05, 0.1) is 5.69 Å². The summed E-state index contributed by atoms with van der Waals surface area (Å²) in [5.41, 5.74) is 7.67. The van der Waals surface area contributed by atoms with Gasteiger partial charge in [-0.15, -0.1) is 0 Å². The molecule has 0 bridgehead atoms. The Morgan fingerprint density at radius 2 is 1.62 bits per heavy atom. The van der Waals surface area contributed by atoms with E-state index in [-0.39, 0.29) is 0 Å². The van der Waals surface area contributed by atoms with Crippen LogP contribution in [0.4, 0.5) is 0 Å². The van der Waals surface area contributed by atoms with Crippen LogP contribution >= 0.6 is 0 Å². The molecule has 0 aliphatic heterocycles. The third-order valence-electron chi connectivity index (χ3n) is 4.51. The summed E-state index contributed by atoms with van der Waals surface area (Å²) in [6.07, 6.45) is 5.49. The van der Waals surface area contributed by atoms with Crippen molar-refractivity contribution < 1.29 is 0 Å². The molecule has 0 aliphatic carbocycles. The SMILES string of the molecule is CCCCc1cnc(-c2ccccc2)n1-c1c(C)cc(C)cc1C. The maximum Gasteiger partial charge on any atom is 0.144 e. The Balaban J connectivity index is 2.23. The van der Waals surface area contributed by atoms with Gasteiger partial charge in [-0.1, -0.05) is 61.4 Å². The van der Waals surface area contributed by atoms with Crippen molar-refractivity contribution in [1.82, 2.24) is 9.55 Å². The van der Waals surface area contributed by atoms with Crippen LogP contribution < -0.4 is 0 Å². The first-order valence-electron chi connectivity index (χ1n) is 8.82. The molecule has 1 aromatic heterocycles. The average Bonchev–Trinajstić information content (AvgIpc) is 2.96. The number of imidazole rings is 1. The predicted octanol–water partition coefficient (Wildman–Crippen LogP) is 5.81. The Kier molecular flexibility index (Phi) is 4.84. The first-order valence-corrected chi connectivity index (χ1v) is 8.82. The molecule has 0 saturated carbocycles. The van der Waals surface area contributed by atoms with E-state index < -0.39 is 0 Å². The Morgan fingerprint density at radius 3 is 2.25 bits per heavy atom. The molecule has 2 heteroatoms. The van der Waals surface area contributed by atoms with E-state index in [1.807, 2.05) is 0 Å². The number of benzene rings is 2. The molecule has 0 atom stereocenters. The Labute approximate surface area is 145 Å². The Morgan fingerprint density at radius 1 is 0.958 bits per heavy atom. The molecule has 3 aromatic rings. The largest absolute Gasteiger partial charge is 0.296 e. The molecule has 0 amide bonds. The van der Waals surface area contributed by atoms with E-state index >= 15 is 0 Å². The number of hydrogen-bond donors (Lipinski definition) is 0. The van der Waals surface area contributed by atoms with Crippen LogP contribution in [0.3, 0.4) is 0 Å². The van der Waals surface area contributed by atoms with Gasteiger partial charge in [0, 0.05) is 17.5 Å². The third kappa shape index (κ3) is 3.14. The minimum atomic E-state index is 1.04. The van der Waals surface area contributed by atoms with Gasteiger partial charge in [0.2, 0.25) is 0 Å². The van der Waals surface area contributed by atoms with Crippen LogP contribution in [-0.4, -0.2) is 9.55 Å². The van der Waals surface area contributed by atoms with E-state index in [0.29, 0.717) is 0 Å².